The lowest BCUT2D eigenvalue weighted by molar-refractivity contribution is -0.136. The first-order chi connectivity index (χ1) is 13.5. The second-order valence-electron chi connectivity index (χ2n) is 8.37. The van der Waals surface area contributed by atoms with Gasteiger partial charge in [-0.25, -0.2) is 0 Å². The lowest BCUT2D eigenvalue weighted by Crippen LogP contribution is -2.52. The molecule has 2 aliphatic heterocycles. The van der Waals surface area contributed by atoms with E-state index in [4.69, 9.17) is 5.73 Å². The molecule has 150 valence electrons. The summed E-state index contributed by atoms with van der Waals surface area (Å²) < 4.78 is 0. The van der Waals surface area contributed by atoms with Gasteiger partial charge in [0.1, 0.15) is 6.04 Å². The first kappa shape index (κ1) is 19.1. The maximum absolute atomic E-state index is 12.9. The lowest BCUT2D eigenvalue weighted by atomic mass is 9.82. The molecule has 0 radical (unpaired) electrons. The van der Waals surface area contributed by atoms with E-state index in [1.165, 1.54) is 19.3 Å². The molecule has 1 unspecified atom stereocenters. The van der Waals surface area contributed by atoms with E-state index in [1.54, 1.807) is 4.90 Å². The molecule has 1 aromatic rings. The van der Waals surface area contributed by atoms with Gasteiger partial charge in [-0.1, -0.05) is 31.4 Å². The van der Waals surface area contributed by atoms with Crippen LogP contribution in [0.15, 0.2) is 18.2 Å². The van der Waals surface area contributed by atoms with Crippen LogP contribution in [0.2, 0.25) is 0 Å². The number of carbonyl (C=O) groups is 3. The van der Waals surface area contributed by atoms with Crippen molar-refractivity contribution in [3.05, 3.63) is 34.9 Å². The normalized spacial score (nSPS) is 24.2. The Hall–Kier alpha value is -2.25. The fourth-order valence-corrected chi connectivity index (χ4v) is 4.69. The molecular weight excluding hydrogens is 356 g/mol. The molecule has 0 spiro atoms. The van der Waals surface area contributed by atoms with Crippen molar-refractivity contribution < 1.29 is 14.4 Å². The van der Waals surface area contributed by atoms with E-state index in [1.807, 2.05) is 18.2 Å². The van der Waals surface area contributed by atoms with Gasteiger partial charge in [0.05, 0.1) is 0 Å². The molecule has 4 rings (SSSR count). The van der Waals surface area contributed by atoms with Crippen LogP contribution >= 0.6 is 0 Å². The van der Waals surface area contributed by atoms with Gasteiger partial charge in [-0.3, -0.25) is 19.7 Å². The van der Waals surface area contributed by atoms with Crippen LogP contribution in [-0.4, -0.2) is 40.7 Å². The van der Waals surface area contributed by atoms with Gasteiger partial charge < -0.3 is 16.0 Å². The highest BCUT2D eigenvalue weighted by Crippen LogP contribution is 2.30. The van der Waals surface area contributed by atoms with E-state index in [0.29, 0.717) is 25.1 Å². The van der Waals surface area contributed by atoms with Crippen LogP contribution in [0.3, 0.4) is 0 Å². The number of nitrogens with two attached hydrogens (primary N) is 1. The zero-order valence-electron chi connectivity index (χ0n) is 16.1. The number of imide groups is 1. The molecule has 28 heavy (non-hydrogen) atoms. The Labute approximate surface area is 165 Å². The van der Waals surface area contributed by atoms with Crippen LogP contribution in [0, 0.1) is 0 Å². The van der Waals surface area contributed by atoms with Crippen molar-refractivity contribution in [2.45, 2.75) is 69.6 Å². The third kappa shape index (κ3) is 3.69. The van der Waals surface area contributed by atoms with E-state index >= 15 is 0 Å². The predicted molar refractivity (Wildman–Crippen MR) is 104 cm³/mol. The average molecular weight is 384 g/mol. The number of nitrogens with zero attached hydrogens (tertiary/aromatic N) is 1. The highest BCUT2D eigenvalue weighted by atomic mass is 16.2. The predicted octanol–water partition coefficient (Wildman–Crippen LogP) is 1.20. The van der Waals surface area contributed by atoms with E-state index in [-0.39, 0.29) is 29.7 Å². The van der Waals surface area contributed by atoms with Crippen molar-refractivity contribution in [2.24, 2.45) is 5.73 Å². The van der Waals surface area contributed by atoms with Crippen LogP contribution in [0.25, 0.3) is 0 Å². The van der Waals surface area contributed by atoms with Gasteiger partial charge in [0.25, 0.3) is 5.91 Å². The van der Waals surface area contributed by atoms with Gasteiger partial charge in [-0.15, -0.1) is 0 Å². The molecule has 7 nitrogen and oxygen atoms in total. The van der Waals surface area contributed by atoms with Crippen LogP contribution in [0.4, 0.5) is 0 Å². The van der Waals surface area contributed by atoms with Crippen LogP contribution in [-0.2, 0) is 22.7 Å². The summed E-state index contributed by atoms with van der Waals surface area (Å²) in [5.74, 6) is -0.776. The molecule has 1 saturated heterocycles. The summed E-state index contributed by atoms with van der Waals surface area (Å²) in [6, 6.07) is 5.16. The second kappa shape index (κ2) is 7.64. The van der Waals surface area contributed by atoms with E-state index < -0.39 is 6.04 Å². The van der Waals surface area contributed by atoms with Gasteiger partial charge in [-0.05, 0) is 36.5 Å². The van der Waals surface area contributed by atoms with Crippen LogP contribution in [0.5, 0.6) is 0 Å². The van der Waals surface area contributed by atoms with E-state index in [9.17, 15) is 14.4 Å². The quantitative estimate of drug-likeness (QED) is 0.662. The van der Waals surface area contributed by atoms with Crippen molar-refractivity contribution in [1.82, 2.24) is 15.5 Å². The van der Waals surface area contributed by atoms with Crippen molar-refractivity contribution in [3.8, 4) is 0 Å². The Morgan fingerprint density at radius 3 is 2.71 bits per heavy atom. The van der Waals surface area contributed by atoms with Crippen LogP contribution in [0.1, 0.15) is 66.4 Å². The number of hydrogen-bond acceptors (Lipinski definition) is 5. The molecule has 0 aromatic heterocycles. The van der Waals surface area contributed by atoms with Crippen molar-refractivity contribution in [3.63, 3.8) is 0 Å². The SMILES string of the molecule is NC1(CNCc2cccc3c2CN(C2CCC(=O)NC2=O)C3=O)CCCCC1. The topological polar surface area (TPSA) is 105 Å². The standard InChI is InChI=1S/C21H28N4O3/c22-21(9-2-1-3-10-21)13-23-11-14-5-4-6-15-16(14)12-25(20(15)28)17-7-8-18(26)24-19(17)27/h4-6,17,23H,1-3,7-13,22H2,(H,24,26,27). The molecular formula is C21H28N4O3. The summed E-state index contributed by atoms with van der Waals surface area (Å²) in [5.41, 5.74) is 9.07. The van der Waals surface area contributed by atoms with Gasteiger partial charge in [0.15, 0.2) is 0 Å². The molecule has 1 aromatic carbocycles. The average Bonchev–Trinajstić information content (AvgIpc) is 3.00. The Morgan fingerprint density at radius 1 is 1.18 bits per heavy atom. The zero-order valence-corrected chi connectivity index (χ0v) is 16.1. The van der Waals surface area contributed by atoms with E-state index in [2.05, 4.69) is 10.6 Å². The number of rotatable bonds is 5. The van der Waals surface area contributed by atoms with Crippen molar-refractivity contribution >= 4 is 17.7 Å². The van der Waals surface area contributed by atoms with Gasteiger partial charge >= 0.3 is 0 Å². The summed E-state index contributed by atoms with van der Waals surface area (Å²) in [5, 5.41) is 5.83. The maximum atomic E-state index is 12.9. The Bertz CT molecular complexity index is 801. The lowest BCUT2D eigenvalue weighted by Gasteiger charge is -2.33. The van der Waals surface area contributed by atoms with Gasteiger partial charge in [0, 0.05) is 37.2 Å². The molecule has 4 N–H and O–H groups in total. The number of carbonyl (C=O) groups excluding carboxylic acids is 3. The first-order valence-corrected chi connectivity index (χ1v) is 10.2. The summed E-state index contributed by atoms with van der Waals surface area (Å²) in [6.45, 7) is 1.83. The minimum atomic E-state index is -0.576. The fourth-order valence-electron chi connectivity index (χ4n) is 4.69. The van der Waals surface area contributed by atoms with Crippen molar-refractivity contribution in [1.29, 1.82) is 0 Å². The number of amides is 3. The largest absolute Gasteiger partial charge is 0.324 e. The highest BCUT2D eigenvalue weighted by molar-refractivity contribution is 6.05. The third-order valence-electron chi connectivity index (χ3n) is 6.32. The third-order valence-corrected chi connectivity index (χ3v) is 6.32. The molecule has 2 fully saturated rings. The molecule has 3 aliphatic rings. The molecule has 1 atom stereocenters. The number of benzene rings is 1. The number of nitrogens with one attached hydrogen (secondary N) is 2. The summed E-state index contributed by atoms with van der Waals surface area (Å²) in [6.07, 6.45) is 6.40. The molecule has 1 saturated carbocycles. The summed E-state index contributed by atoms with van der Waals surface area (Å²) in [7, 11) is 0. The first-order valence-electron chi connectivity index (χ1n) is 10.2. The Kier molecular flexibility index (Phi) is 5.21. The summed E-state index contributed by atoms with van der Waals surface area (Å²) >= 11 is 0. The number of fused-ring (bicyclic) bond motifs is 1. The molecule has 3 amide bonds. The Balaban J connectivity index is 1.44. The number of piperidine rings is 1. The molecule has 2 heterocycles. The molecule has 7 heteroatoms. The minimum Gasteiger partial charge on any atom is -0.324 e. The zero-order chi connectivity index (χ0) is 19.7. The second-order valence-corrected chi connectivity index (χ2v) is 8.37. The van der Waals surface area contributed by atoms with E-state index in [0.717, 1.165) is 30.5 Å². The molecule has 0 bridgehead atoms. The van der Waals surface area contributed by atoms with Gasteiger partial charge in [0.2, 0.25) is 11.8 Å². The highest BCUT2D eigenvalue weighted by Gasteiger charge is 2.39. The fraction of sp³-hybridized carbons (Fsp3) is 0.571. The molecule has 1 aliphatic carbocycles. The van der Waals surface area contributed by atoms with Gasteiger partial charge in [-0.2, -0.15) is 0 Å². The maximum Gasteiger partial charge on any atom is 0.255 e. The van der Waals surface area contributed by atoms with Crippen molar-refractivity contribution in [2.75, 3.05) is 6.54 Å². The summed E-state index contributed by atoms with van der Waals surface area (Å²) in [4.78, 5) is 38.1. The minimum absolute atomic E-state index is 0.131. The monoisotopic (exact) mass is 384 g/mol. The Morgan fingerprint density at radius 2 is 1.96 bits per heavy atom. The van der Waals surface area contributed by atoms with Crippen LogP contribution < -0.4 is 16.4 Å². The number of hydrogen-bond donors (Lipinski definition) is 3. The smallest absolute Gasteiger partial charge is 0.255 e.